The number of thioether (sulfide) groups is 1. The van der Waals surface area contributed by atoms with Crippen molar-refractivity contribution in [2.45, 2.75) is 10.4 Å². The fourth-order valence-corrected chi connectivity index (χ4v) is 1.74. The van der Waals surface area contributed by atoms with E-state index in [0.29, 0.717) is 0 Å². The molecule has 1 aromatic carbocycles. The number of para-hydroxylation sites is 1. The Morgan fingerprint density at radius 3 is 2.27 bits per heavy atom. The van der Waals surface area contributed by atoms with Crippen molar-refractivity contribution in [2.24, 2.45) is 0 Å². The number of benzene rings is 1. The highest BCUT2D eigenvalue weighted by atomic mass is 32.2. The molecule has 0 amide bonds. The first-order valence-electron chi connectivity index (χ1n) is 3.94. The van der Waals surface area contributed by atoms with Crippen LogP contribution in [0.4, 0.5) is 13.2 Å². The van der Waals surface area contributed by atoms with Gasteiger partial charge in [0.25, 0.3) is 0 Å². The van der Waals surface area contributed by atoms with Crippen molar-refractivity contribution in [1.29, 1.82) is 0 Å². The fraction of sp³-hybridized carbons (Fsp3) is 0.333. The van der Waals surface area contributed by atoms with Crippen molar-refractivity contribution in [1.82, 2.24) is 0 Å². The Bertz CT molecular complexity index is 339. The summed E-state index contributed by atoms with van der Waals surface area (Å²) in [5, 5.41) is 0. The third kappa shape index (κ3) is 3.23. The lowest BCUT2D eigenvalue weighted by Crippen LogP contribution is -2.01. The summed E-state index contributed by atoms with van der Waals surface area (Å²) in [5.41, 5.74) is -4.33. The number of hydrogen-bond donors (Lipinski definition) is 0. The molecule has 0 N–H and O–H groups in total. The Hall–Kier alpha value is -1.04. The molecular weight excluding hydrogens is 229 g/mol. The van der Waals surface area contributed by atoms with Gasteiger partial charge in [-0.3, -0.25) is 0 Å². The molecule has 0 bridgehead atoms. The summed E-state index contributed by atoms with van der Waals surface area (Å²) < 4.78 is 46.2. The summed E-state index contributed by atoms with van der Waals surface area (Å²) >= 11 is -0.224. The zero-order valence-corrected chi connectivity index (χ0v) is 8.91. The van der Waals surface area contributed by atoms with Gasteiger partial charge >= 0.3 is 5.51 Å². The van der Waals surface area contributed by atoms with Gasteiger partial charge in [-0.25, -0.2) is 0 Å². The first-order chi connectivity index (χ1) is 6.98. The van der Waals surface area contributed by atoms with Crippen LogP contribution in [0, 0.1) is 0 Å². The quantitative estimate of drug-likeness (QED) is 0.752. The van der Waals surface area contributed by atoms with Crippen molar-refractivity contribution >= 4 is 11.8 Å². The summed E-state index contributed by atoms with van der Waals surface area (Å²) in [4.78, 5) is -0.00986. The van der Waals surface area contributed by atoms with Gasteiger partial charge in [0.2, 0.25) is 0 Å². The Kier molecular flexibility index (Phi) is 3.73. The molecule has 0 aliphatic heterocycles. The number of ether oxygens (including phenoxy) is 2. The van der Waals surface area contributed by atoms with Crippen molar-refractivity contribution < 1.29 is 22.6 Å². The van der Waals surface area contributed by atoms with E-state index in [1.807, 2.05) is 0 Å². The number of methoxy groups -OCH3 is 2. The molecule has 0 aliphatic carbocycles. The normalized spacial score (nSPS) is 11.3. The minimum absolute atomic E-state index is 0.00986. The molecule has 0 radical (unpaired) electrons. The average Bonchev–Trinajstić information content (AvgIpc) is 2.15. The summed E-state index contributed by atoms with van der Waals surface area (Å²) in [6.07, 6.45) is 0. The molecule has 0 unspecified atom stereocenters. The van der Waals surface area contributed by atoms with E-state index >= 15 is 0 Å². The predicted octanol–water partition coefficient (Wildman–Crippen LogP) is 3.32. The zero-order valence-electron chi connectivity index (χ0n) is 8.09. The minimum Gasteiger partial charge on any atom is -0.493 e. The second kappa shape index (κ2) is 4.65. The Labute approximate surface area is 89.4 Å². The summed E-state index contributed by atoms with van der Waals surface area (Å²) in [6, 6.07) is 4.36. The SMILES string of the molecule is COc1cccc(SC(F)(F)F)c1OC. The van der Waals surface area contributed by atoms with E-state index in [0.717, 1.165) is 0 Å². The predicted molar refractivity (Wildman–Crippen MR) is 51.5 cm³/mol. The maximum absolute atomic E-state index is 12.2. The van der Waals surface area contributed by atoms with Crippen LogP contribution in [0.5, 0.6) is 11.5 Å². The van der Waals surface area contributed by atoms with E-state index in [1.165, 1.54) is 26.4 Å². The largest absolute Gasteiger partial charge is 0.493 e. The molecule has 2 nitrogen and oxygen atoms in total. The lowest BCUT2D eigenvalue weighted by atomic mass is 10.3. The van der Waals surface area contributed by atoms with Gasteiger partial charge in [-0.05, 0) is 23.9 Å². The van der Waals surface area contributed by atoms with Gasteiger partial charge in [0.1, 0.15) is 0 Å². The molecule has 6 heteroatoms. The van der Waals surface area contributed by atoms with Crippen LogP contribution >= 0.6 is 11.8 Å². The molecule has 84 valence electrons. The van der Waals surface area contributed by atoms with Crippen molar-refractivity contribution in [3.05, 3.63) is 18.2 Å². The summed E-state index contributed by atoms with van der Waals surface area (Å²) in [7, 11) is 2.68. The molecule has 0 aromatic heterocycles. The third-order valence-electron chi connectivity index (χ3n) is 1.59. The van der Waals surface area contributed by atoms with Gasteiger partial charge in [0.05, 0.1) is 19.1 Å². The van der Waals surface area contributed by atoms with Crippen molar-refractivity contribution in [2.75, 3.05) is 14.2 Å². The lowest BCUT2D eigenvalue weighted by molar-refractivity contribution is -0.0328. The van der Waals surface area contributed by atoms with Gasteiger partial charge in [0.15, 0.2) is 11.5 Å². The molecule has 0 saturated carbocycles. The smallest absolute Gasteiger partial charge is 0.446 e. The van der Waals surface area contributed by atoms with E-state index in [-0.39, 0.29) is 28.2 Å². The first kappa shape index (κ1) is 12.0. The number of halogens is 3. The van der Waals surface area contributed by atoms with Crippen LogP contribution in [0.2, 0.25) is 0 Å². The maximum atomic E-state index is 12.2. The van der Waals surface area contributed by atoms with Crippen LogP contribution in [-0.4, -0.2) is 19.7 Å². The molecule has 0 saturated heterocycles. The highest BCUT2D eigenvalue weighted by molar-refractivity contribution is 8.00. The van der Waals surface area contributed by atoms with Crippen molar-refractivity contribution in [3.63, 3.8) is 0 Å². The van der Waals surface area contributed by atoms with Crippen LogP contribution in [0.1, 0.15) is 0 Å². The van der Waals surface area contributed by atoms with Crippen LogP contribution in [0.25, 0.3) is 0 Å². The van der Waals surface area contributed by atoms with Crippen LogP contribution in [-0.2, 0) is 0 Å². The second-order valence-electron chi connectivity index (χ2n) is 2.54. The summed E-state index contributed by atoms with van der Waals surface area (Å²) in [5.74, 6) is 0.383. The van der Waals surface area contributed by atoms with Crippen molar-refractivity contribution in [3.8, 4) is 11.5 Å². The molecular formula is C9H9F3O2S. The lowest BCUT2D eigenvalue weighted by Gasteiger charge is -2.12. The highest BCUT2D eigenvalue weighted by Crippen LogP contribution is 2.44. The molecule has 15 heavy (non-hydrogen) atoms. The third-order valence-corrected chi connectivity index (χ3v) is 2.37. The van der Waals surface area contributed by atoms with E-state index in [2.05, 4.69) is 0 Å². The Balaban J connectivity index is 3.06. The minimum atomic E-state index is -4.33. The van der Waals surface area contributed by atoms with Gasteiger partial charge in [0, 0.05) is 0 Å². The van der Waals surface area contributed by atoms with E-state index in [4.69, 9.17) is 9.47 Å². The van der Waals surface area contributed by atoms with E-state index < -0.39 is 5.51 Å². The zero-order chi connectivity index (χ0) is 11.5. The average molecular weight is 238 g/mol. The van der Waals surface area contributed by atoms with E-state index in [1.54, 1.807) is 6.07 Å². The molecule has 0 fully saturated rings. The van der Waals surface area contributed by atoms with E-state index in [9.17, 15) is 13.2 Å². The van der Waals surface area contributed by atoms with Crippen LogP contribution in [0.3, 0.4) is 0 Å². The molecule has 0 atom stereocenters. The monoisotopic (exact) mass is 238 g/mol. The standard InChI is InChI=1S/C9H9F3O2S/c1-13-6-4-3-5-7(8(6)14-2)15-9(10,11)12/h3-5H,1-2H3. The van der Waals surface area contributed by atoms with Crippen LogP contribution < -0.4 is 9.47 Å². The maximum Gasteiger partial charge on any atom is 0.446 e. The highest BCUT2D eigenvalue weighted by Gasteiger charge is 2.31. The Morgan fingerprint density at radius 2 is 1.80 bits per heavy atom. The molecule has 1 rings (SSSR count). The second-order valence-corrected chi connectivity index (χ2v) is 3.65. The number of alkyl halides is 3. The topological polar surface area (TPSA) is 18.5 Å². The van der Waals surface area contributed by atoms with Gasteiger partial charge in [-0.1, -0.05) is 6.07 Å². The summed E-state index contributed by atoms with van der Waals surface area (Å²) in [6.45, 7) is 0. The molecule has 0 aliphatic rings. The first-order valence-corrected chi connectivity index (χ1v) is 4.76. The van der Waals surface area contributed by atoms with Gasteiger partial charge in [-0.15, -0.1) is 0 Å². The molecule has 0 heterocycles. The molecule has 0 spiro atoms. The number of rotatable bonds is 3. The van der Waals surface area contributed by atoms with Gasteiger partial charge in [-0.2, -0.15) is 13.2 Å². The number of hydrogen-bond acceptors (Lipinski definition) is 3. The Morgan fingerprint density at radius 1 is 1.13 bits per heavy atom. The van der Waals surface area contributed by atoms with Gasteiger partial charge < -0.3 is 9.47 Å². The fourth-order valence-electron chi connectivity index (χ4n) is 1.06. The van der Waals surface area contributed by atoms with Crippen LogP contribution in [0.15, 0.2) is 23.1 Å². The molecule has 1 aromatic rings.